The number of amides is 1. The van der Waals surface area contributed by atoms with Crippen LogP contribution in [0.15, 0.2) is 18.3 Å². The Hall–Kier alpha value is -1.83. The van der Waals surface area contributed by atoms with Crippen molar-refractivity contribution in [2.45, 2.75) is 31.5 Å². The first kappa shape index (κ1) is 17.0. The van der Waals surface area contributed by atoms with E-state index >= 15 is 0 Å². The summed E-state index contributed by atoms with van der Waals surface area (Å²) in [6.45, 7) is 1.90. The zero-order valence-electron chi connectivity index (χ0n) is 13.1. The highest BCUT2D eigenvalue weighted by atomic mass is 19.4. The highest BCUT2D eigenvalue weighted by molar-refractivity contribution is 5.77. The highest BCUT2D eigenvalue weighted by Crippen LogP contribution is 2.34. The molecule has 0 aromatic carbocycles. The Balaban J connectivity index is 1.60. The van der Waals surface area contributed by atoms with E-state index in [1.54, 1.807) is 0 Å². The maximum Gasteiger partial charge on any atom is 0.417 e. The normalized spacial score (nSPS) is 25.9. The summed E-state index contributed by atoms with van der Waals surface area (Å²) in [7, 11) is 0. The van der Waals surface area contributed by atoms with Crippen LogP contribution < -0.4 is 10.6 Å². The van der Waals surface area contributed by atoms with Gasteiger partial charge in [-0.3, -0.25) is 4.79 Å². The molecular formula is C16H20F3N3O2. The van der Waals surface area contributed by atoms with Crippen LogP contribution in [-0.4, -0.2) is 36.7 Å². The lowest BCUT2D eigenvalue weighted by Crippen LogP contribution is -2.42. The van der Waals surface area contributed by atoms with Crippen molar-refractivity contribution in [2.24, 2.45) is 17.6 Å². The number of piperidine rings is 1. The van der Waals surface area contributed by atoms with Gasteiger partial charge in [-0.1, -0.05) is 0 Å². The van der Waals surface area contributed by atoms with Crippen LogP contribution in [0.5, 0.6) is 0 Å². The molecule has 0 radical (unpaired) electrons. The van der Waals surface area contributed by atoms with Crippen molar-refractivity contribution in [3.8, 4) is 0 Å². The molecule has 2 fully saturated rings. The fourth-order valence-corrected chi connectivity index (χ4v) is 3.58. The second-order valence-electron chi connectivity index (χ2n) is 6.36. The number of anilines is 1. The van der Waals surface area contributed by atoms with E-state index in [2.05, 4.69) is 4.98 Å². The molecule has 2 N–H and O–H groups in total. The first-order chi connectivity index (χ1) is 11.4. The van der Waals surface area contributed by atoms with E-state index in [0.29, 0.717) is 31.9 Å². The molecule has 0 aliphatic carbocycles. The van der Waals surface area contributed by atoms with Gasteiger partial charge in [-0.25, -0.2) is 4.98 Å². The predicted octanol–water partition coefficient (Wildman–Crippen LogP) is 2.21. The van der Waals surface area contributed by atoms with E-state index in [-0.39, 0.29) is 23.8 Å². The van der Waals surface area contributed by atoms with Gasteiger partial charge < -0.3 is 15.4 Å². The van der Waals surface area contributed by atoms with Gasteiger partial charge in [-0.05, 0) is 37.3 Å². The largest absolute Gasteiger partial charge is 0.417 e. The molecule has 8 heteroatoms. The van der Waals surface area contributed by atoms with Gasteiger partial charge in [0.1, 0.15) is 5.82 Å². The third kappa shape index (κ3) is 3.48. The summed E-state index contributed by atoms with van der Waals surface area (Å²) in [4.78, 5) is 17.4. The molecule has 1 aromatic heterocycles. The Labute approximate surface area is 138 Å². The lowest BCUT2D eigenvalue weighted by molar-refractivity contribution is -0.137. The van der Waals surface area contributed by atoms with Crippen molar-refractivity contribution >= 4 is 11.7 Å². The van der Waals surface area contributed by atoms with E-state index in [1.807, 2.05) is 4.90 Å². The number of nitrogens with zero attached hydrogens (tertiary/aromatic N) is 2. The van der Waals surface area contributed by atoms with E-state index in [9.17, 15) is 18.0 Å². The Morgan fingerprint density at radius 3 is 2.50 bits per heavy atom. The molecule has 24 heavy (non-hydrogen) atoms. The first-order valence-corrected chi connectivity index (χ1v) is 8.05. The van der Waals surface area contributed by atoms with Crippen LogP contribution in [-0.2, 0) is 15.7 Å². The second-order valence-corrected chi connectivity index (χ2v) is 6.36. The second kappa shape index (κ2) is 6.58. The fraction of sp³-hybridized carbons (Fsp3) is 0.625. The number of primary amides is 1. The molecule has 0 spiro atoms. The van der Waals surface area contributed by atoms with Gasteiger partial charge in [0.05, 0.1) is 17.6 Å². The number of aromatic nitrogens is 1. The van der Waals surface area contributed by atoms with Gasteiger partial charge in [0, 0.05) is 25.9 Å². The molecule has 2 atom stereocenters. The molecule has 132 valence electrons. The lowest BCUT2D eigenvalue weighted by atomic mass is 9.84. The van der Waals surface area contributed by atoms with Crippen molar-refractivity contribution in [3.05, 3.63) is 23.9 Å². The molecule has 1 amide bonds. The average molecular weight is 343 g/mol. The average Bonchev–Trinajstić information content (AvgIpc) is 3.04. The minimum Gasteiger partial charge on any atom is -0.377 e. The van der Waals surface area contributed by atoms with Crippen LogP contribution in [0, 0.1) is 11.8 Å². The van der Waals surface area contributed by atoms with Crippen molar-refractivity contribution in [2.75, 3.05) is 24.6 Å². The maximum absolute atomic E-state index is 12.6. The number of halogens is 3. The van der Waals surface area contributed by atoms with Gasteiger partial charge in [0.25, 0.3) is 0 Å². The van der Waals surface area contributed by atoms with Crippen LogP contribution in [0.4, 0.5) is 19.0 Å². The fourth-order valence-electron chi connectivity index (χ4n) is 3.58. The summed E-state index contributed by atoms with van der Waals surface area (Å²) in [5.41, 5.74) is 4.69. The minimum atomic E-state index is -4.37. The van der Waals surface area contributed by atoms with Crippen molar-refractivity contribution in [3.63, 3.8) is 0 Å². The van der Waals surface area contributed by atoms with Crippen LogP contribution in [0.1, 0.15) is 24.8 Å². The number of nitrogens with two attached hydrogens (primary N) is 1. The third-order valence-electron chi connectivity index (χ3n) is 4.90. The summed E-state index contributed by atoms with van der Waals surface area (Å²) in [5, 5.41) is 0. The number of carbonyl (C=O) groups is 1. The van der Waals surface area contributed by atoms with Crippen LogP contribution in [0.2, 0.25) is 0 Å². The standard InChI is InChI=1S/C16H20F3N3O2/c17-16(18,19)11-1-2-13(21-9-11)22-6-3-10(4-7-22)14-12(15(20)23)5-8-24-14/h1-2,9-10,12,14H,3-8H2,(H2,20,23)/t12-,14+/m1/s1. The van der Waals surface area contributed by atoms with Gasteiger partial charge in [-0.2, -0.15) is 13.2 Å². The molecule has 2 aliphatic heterocycles. The SMILES string of the molecule is NC(=O)[C@@H]1CCO[C@H]1C1CCN(c2ccc(C(F)(F)F)cn2)CC1. The molecule has 0 bridgehead atoms. The van der Waals surface area contributed by atoms with Crippen LogP contribution in [0.3, 0.4) is 0 Å². The van der Waals surface area contributed by atoms with Gasteiger partial charge in [0.15, 0.2) is 0 Å². The topological polar surface area (TPSA) is 68.5 Å². The van der Waals surface area contributed by atoms with E-state index < -0.39 is 11.7 Å². The number of ether oxygens (including phenoxy) is 1. The van der Waals surface area contributed by atoms with Crippen LogP contribution >= 0.6 is 0 Å². The Morgan fingerprint density at radius 1 is 1.25 bits per heavy atom. The van der Waals surface area contributed by atoms with Gasteiger partial charge in [-0.15, -0.1) is 0 Å². The molecule has 1 aromatic rings. The number of carbonyl (C=O) groups excluding carboxylic acids is 1. The van der Waals surface area contributed by atoms with Crippen molar-refractivity contribution < 1.29 is 22.7 Å². The van der Waals surface area contributed by atoms with E-state index in [1.165, 1.54) is 6.07 Å². The Kier molecular flexibility index (Phi) is 4.67. The molecule has 3 heterocycles. The van der Waals surface area contributed by atoms with Gasteiger partial charge in [0.2, 0.25) is 5.91 Å². The summed E-state index contributed by atoms with van der Waals surface area (Å²) in [6, 6.07) is 2.46. The Bertz CT molecular complexity index is 583. The monoisotopic (exact) mass is 343 g/mol. The van der Waals surface area contributed by atoms with Crippen molar-refractivity contribution in [1.29, 1.82) is 0 Å². The molecule has 5 nitrogen and oxygen atoms in total. The molecule has 0 saturated carbocycles. The number of rotatable bonds is 3. The number of pyridine rings is 1. The molecule has 3 rings (SSSR count). The summed E-state index contributed by atoms with van der Waals surface area (Å²) in [6.07, 6.45) is -1.37. The first-order valence-electron chi connectivity index (χ1n) is 8.05. The number of hydrogen-bond donors (Lipinski definition) is 1. The van der Waals surface area contributed by atoms with Crippen molar-refractivity contribution in [1.82, 2.24) is 4.98 Å². The summed E-state index contributed by atoms with van der Waals surface area (Å²) >= 11 is 0. The molecular weight excluding hydrogens is 323 g/mol. The highest BCUT2D eigenvalue weighted by Gasteiger charge is 2.39. The quantitative estimate of drug-likeness (QED) is 0.914. The summed E-state index contributed by atoms with van der Waals surface area (Å²) < 4.78 is 43.4. The molecule has 2 aliphatic rings. The van der Waals surface area contributed by atoms with Gasteiger partial charge >= 0.3 is 6.18 Å². The van der Waals surface area contributed by atoms with E-state index in [4.69, 9.17) is 10.5 Å². The van der Waals surface area contributed by atoms with Crippen LogP contribution in [0.25, 0.3) is 0 Å². The van der Waals surface area contributed by atoms with E-state index in [0.717, 1.165) is 25.1 Å². The lowest BCUT2D eigenvalue weighted by Gasteiger charge is -2.36. The smallest absolute Gasteiger partial charge is 0.377 e. The number of hydrogen-bond acceptors (Lipinski definition) is 4. The zero-order chi connectivity index (χ0) is 17.3. The maximum atomic E-state index is 12.6. The number of alkyl halides is 3. The predicted molar refractivity (Wildman–Crippen MR) is 81.2 cm³/mol. The third-order valence-corrected chi connectivity index (χ3v) is 4.90. The summed E-state index contributed by atoms with van der Waals surface area (Å²) in [5.74, 6) is 0.242. The Morgan fingerprint density at radius 2 is 1.96 bits per heavy atom. The zero-order valence-corrected chi connectivity index (χ0v) is 13.1. The molecule has 2 saturated heterocycles. The molecule has 0 unspecified atom stereocenters. The minimum absolute atomic E-state index is 0.134.